The van der Waals surface area contributed by atoms with Crippen molar-refractivity contribution in [2.45, 2.75) is 64.2 Å². The Morgan fingerprint density at radius 1 is 0.656 bits per heavy atom. The normalized spacial score (nSPS) is 12.1. The minimum Gasteiger partial charge on any atom is -0.744 e. The predicted molar refractivity (Wildman–Crippen MR) is 127 cm³/mol. The fourth-order valence-corrected chi connectivity index (χ4v) is 7.92. The van der Waals surface area contributed by atoms with Gasteiger partial charge >= 0.3 is 21.2 Å². The van der Waals surface area contributed by atoms with Crippen molar-refractivity contribution in [3.63, 3.8) is 0 Å². The minimum absolute atomic E-state index is 0.139. The SMILES string of the molecule is CC(C)(C)c1ccccc1[I+]c1ccccc1C(C)(C)C.Cc1ccccc1S(=O)(=O)[O-]. The van der Waals surface area contributed by atoms with Crippen LogP contribution in [0.15, 0.2) is 77.7 Å². The molecule has 0 unspecified atom stereocenters. The Morgan fingerprint density at radius 2 is 1.03 bits per heavy atom. The average molecular weight is 565 g/mol. The van der Waals surface area contributed by atoms with Crippen molar-refractivity contribution in [2.75, 3.05) is 0 Å². The zero-order valence-corrected chi connectivity index (χ0v) is 22.9. The molecule has 3 nitrogen and oxygen atoms in total. The molecule has 0 fully saturated rings. The van der Waals surface area contributed by atoms with Crippen molar-refractivity contribution in [1.82, 2.24) is 0 Å². The highest BCUT2D eigenvalue weighted by Crippen LogP contribution is 2.23. The molecule has 3 rings (SSSR count). The van der Waals surface area contributed by atoms with E-state index in [1.807, 2.05) is 0 Å². The summed E-state index contributed by atoms with van der Waals surface area (Å²) in [6, 6.07) is 24.1. The van der Waals surface area contributed by atoms with Crippen LogP contribution >= 0.6 is 0 Å². The number of halogens is 1. The fraction of sp³-hybridized carbons (Fsp3) is 0.333. The summed E-state index contributed by atoms with van der Waals surface area (Å²) >= 11 is -0.147. The lowest BCUT2D eigenvalue weighted by atomic mass is 9.87. The van der Waals surface area contributed by atoms with E-state index in [1.54, 1.807) is 26.2 Å². The first-order valence-corrected chi connectivity index (χ1v) is 14.1. The maximum Gasteiger partial charge on any atom is 0.358 e. The highest BCUT2D eigenvalue weighted by atomic mass is 127. The van der Waals surface area contributed by atoms with Gasteiger partial charge < -0.3 is 4.55 Å². The molecule has 0 saturated carbocycles. The zero-order valence-electron chi connectivity index (χ0n) is 19.9. The first-order chi connectivity index (χ1) is 14.7. The van der Waals surface area contributed by atoms with Gasteiger partial charge in [-0.2, -0.15) is 0 Å². The maximum absolute atomic E-state index is 10.5. The van der Waals surface area contributed by atoms with Gasteiger partial charge in [0.05, 0.1) is 4.90 Å². The van der Waals surface area contributed by atoms with Gasteiger partial charge in [-0.15, -0.1) is 0 Å². The van der Waals surface area contributed by atoms with E-state index in [9.17, 15) is 13.0 Å². The Kier molecular flexibility index (Phi) is 8.70. The monoisotopic (exact) mass is 564 g/mol. The molecule has 0 N–H and O–H groups in total. The number of hydrogen-bond donors (Lipinski definition) is 0. The Hall–Kier alpha value is -1.70. The van der Waals surface area contributed by atoms with E-state index in [0.717, 1.165) is 0 Å². The van der Waals surface area contributed by atoms with Crippen molar-refractivity contribution in [2.24, 2.45) is 0 Å². The van der Waals surface area contributed by atoms with Crippen LogP contribution in [0.3, 0.4) is 0 Å². The smallest absolute Gasteiger partial charge is 0.358 e. The largest absolute Gasteiger partial charge is 0.744 e. The number of hydrogen-bond acceptors (Lipinski definition) is 3. The predicted octanol–water partition coefficient (Wildman–Crippen LogP) is 3.31. The third-order valence-corrected chi connectivity index (χ3v) is 8.97. The van der Waals surface area contributed by atoms with Crippen LogP contribution in [0.4, 0.5) is 0 Å². The molecular formula is C27H33IO3S. The van der Waals surface area contributed by atoms with Crippen molar-refractivity contribution in [3.8, 4) is 0 Å². The molecule has 5 heteroatoms. The van der Waals surface area contributed by atoms with E-state index in [0.29, 0.717) is 5.56 Å². The van der Waals surface area contributed by atoms with Gasteiger partial charge in [0.1, 0.15) is 10.1 Å². The Labute approximate surface area is 204 Å². The molecule has 3 aromatic rings. The summed E-state index contributed by atoms with van der Waals surface area (Å²) in [7, 11) is -4.28. The van der Waals surface area contributed by atoms with Gasteiger partial charge in [-0.25, -0.2) is 8.42 Å². The van der Waals surface area contributed by atoms with E-state index in [4.69, 9.17) is 0 Å². The van der Waals surface area contributed by atoms with Gasteiger partial charge in [-0.1, -0.05) is 96.1 Å². The maximum atomic E-state index is 10.5. The number of benzene rings is 3. The van der Waals surface area contributed by atoms with Gasteiger partial charge in [-0.05, 0) is 41.5 Å². The second-order valence-electron chi connectivity index (χ2n) is 9.77. The lowest BCUT2D eigenvalue weighted by molar-refractivity contribution is -0.599. The van der Waals surface area contributed by atoms with Crippen molar-refractivity contribution in [3.05, 3.63) is 96.6 Å². The quantitative estimate of drug-likeness (QED) is 0.363. The van der Waals surface area contributed by atoms with Crippen LogP contribution in [-0.2, 0) is 20.9 Å². The van der Waals surface area contributed by atoms with Crippen LogP contribution in [0, 0.1) is 14.1 Å². The Balaban J connectivity index is 0.000000278. The molecule has 0 aliphatic heterocycles. The molecule has 0 heterocycles. The molecule has 0 bridgehead atoms. The van der Waals surface area contributed by atoms with Gasteiger partial charge in [0.25, 0.3) is 0 Å². The van der Waals surface area contributed by atoms with Crippen LogP contribution < -0.4 is 21.2 Å². The third kappa shape index (κ3) is 7.42. The standard InChI is InChI=1S/C20H26I.C7H8O3S/c1-19(2,3)15-11-7-9-13-17(15)21-18-14-10-8-12-16(18)20(4,5)6;1-6-4-2-3-5-7(6)11(8,9)10/h7-14H,1-6H3;2-5H,1H3,(H,8,9,10)/q+1;/p-1. The van der Waals surface area contributed by atoms with Crippen LogP contribution in [0.1, 0.15) is 58.2 Å². The summed E-state index contributed by atoms with van der Waals surface area (Å²) in [6.45, 7) is 15.5. The average Bonchev–Trinajstić information content (AvgIpc) is 2.67. The molecule has 0 amide bonds. The highest BCUT2D eigenvalue weighted by molar-refractivity contribution is 7.85. The highest BCUT2D eigenvalue weighted by Gasteiger charge is 2.30. The van der Waals surface area contributed by atoms with Crippen LogP contribution in [0.25, 0.3) is 0 Å². The van der Waals surface area contributed by atoms with Gasteiger partial charge in [-0.3, -0.25) is 0 Å². The molecule has 0 aliphatic rings. The van der Waals surface area contributed by atoms with Crippen molar-refractivity contribution in [1.29, 1.82) is 0 Å². The summed E-state index contributed by atoms with van der Waals surface area (Å²) < 4.78 is 34.6. The zero-order chi connectivity index (χ0) is 24.2. The molecule has 0 aromatic heterocycles. The number of rotatable bonds is 3. The number of aryl methyl sites for hydroxylation is 1. The van der Waals surface area contributed by atoms with Crippen LogP contribution in [0.2, 0.25) is 0 Å². The molecule has 0 radical (unpaired) electrons. The molecule has 0 aliphatic carbocycles. The summed E-state index contributed by atoms with van der Waals surface area (Å²) in [6.07, 6.45) is 0. The van der Waals surface area contributed by atoms with Crippen molar-refractivity contribution >= 4 is 10.1 Å². The molecule has 172 valence electrons. The third-order valence-electron chi connectivity index (χ3n) is 4.93. The van der Waals surface area contributed by atoms with Crippen LogP contribution in [-0.4, -0.2) is 13.0 Å². The van der Waals surface area contributed by atoms with Gasteiger partial charge in [0, 0.05) is 11.1 Å². The second-order valence-corrected chi connectivity index (χ2v) is 14.0. The molecule has 0 spiro atoms. The fourth-order valence-electron chi connectivity index (χ4n) is 3.25. The van der Waals surface area contributed by atoms with E-state index >= 15 is 0 Å². The van der Waals surface area contributed by atoms with Crippen LogP contribution in [0.5, 0.6) is 0 Å². The summed E-state index contributed by atoms with van der Waals surface area (Å²) in [5.41, 5.74) is 3.92. The topological polar surface area (TPSA) is 57.2 Å². The van der Waals surface area contributed by atoms with E-state index in [1.165, 1.54) is 23.3 Å². The molecule has 0 saturated heterocycles. The summed E-state index contributed by atoms with van der Waals surface area (Å²) in [5.74, 6) is 0. The summed E-state index contributed by atoms with van der Waals surface area (Å²) in [5, 5.41) is 0. The lowest BCUT2D eigenvalue weighted by Gasteiger charge is -2.20. The van der Waals surface area contributed by atoms with Gasteiger partial charge in [0.15, 0.2) is 7.14 Å². The Bertz CT molecular complexity index is 1100. The molecule has 3 aromatic carbocycles. The molecule has 32 heavy (non-hydrogen) atoms. The minimum atomic E-state index is -4.28. The summed E-state index contributed by atoms with van der Waals surface area (Å²) in [4.78, 5) is -0.139. The van der Waals surface area contributed by atoms with Crippen molar-refractivity contribution < 1.29 is 34.2 Å². The first kappa shape index (κ1) is 26.6. The van der Waals surface area contributed by atoms with E-state index in [2.05, 4.69) is 90.1 Å². The second kappa shape index (κ2) is 10.5. The lowest BCUT2D eigenvalue weighted by Crippen LogP contribution is -3.62. The molecule has 0 atom stereocenters. The van der Waals surface area contributed by atoms with Gasteiger partial charge in [0.2, 0.25) is 0 Å². The first-order valence-electron chi connectivity index (χ1n) is 10.6. The molecular weight excluding hydrogens is 531 g/mol. The Morgan fingerprint density at radius 3 is 1.38 bits per heavy atom. The van der Waals surface area contributed by atoms with E-state index < -0.39 is 10.1 Å². The van der Waals surface area contributed by atoms with E-state index in [-0.39, 0.29) is 36.9 Å².